The van der Waals surface area contributed by atoms with E-state index < -0.39 is 0 Å². The average molecular weight is 449 g/mol. The lowest BCUT2D eigenvalue weighted by atomic mass is 10.0. The molecule has 1 fully saturated rings. The van der Waals surface area contributed by atoms with Gasteiger partial charge in [0, 0.05) is 13.6 Å². The first kappa shape index (κ1) is 24.6. The van der Waals surface area contributed by atoms with Crippen molar-refractivity contribution in [2.75, 3.05) is 26.7 Å². The summed E-state index contributed by atoms with van der Waals surface area (Å²) in [6.45, 7) is 4.55. The molecule has 0 saturated heterocycles. The number of hydrogen-bond donors (Lipinski definition) is 3. The van der Waals surface area contributed by atoms with Gasteiger partial charge in [-0.1, -0.05) is 11.6 Å². The number of nitrogens with zero attached hydrogens (tertiary/aromatic N) is 3. The van der Waals surface area contributed by atoms with Crippen LogP contribution in [0.1, 0.15) is 63.3 Å². The zero-order valence-corrected chi connectivity index (χ0v) is 19.6. The van der Waals surface area contributed by atoms with E-state index in [0.29, 0.717) is 30.9 Å². The molecule has 0 aliphatic heterocycles. The third-order valence-corrected chi connectivity index (χ3v) is 7.09. The summed E-state index contributed by atoms with van der Waals surface area (Å²) in [7, 11) is 1.59. The van der Waals surface area contributed by atoms with Gasteiger partial charge >= 0.3 is 6.09 Å². The number of nitrogens with one attached hydrogen (secondary N) is 2. The number of ether oxygens (including phenoxy) is 1. The molecule has 9 heteroatoms. The molecule has 0 bridgehead atoms. The number of carbonyl (C=O) groups excluding carboxylic acids is 2. The molecule has 4 atom stereocenters. The maximum atomic E-state index is 11.8. The lowest BCUT2D eigenvalue weighted by Gasteiger charge is -2.16. The largest absolute Gasteiger partial charge is 0.449 e. The van der Waals surface area contributed by atoms with E-state index in [4.69, 9.17) is 10.5 Å². The number of hydrogen-bond acceptors (Lipinski definition) is 7. The highest BCUT2D eigenvalue weighted by Crippen LogP contribution is 2.52. The van der Waals surface area contributed by atoms with Crippen LogP contribution in [0, 0.1) is 17.8 Å². The van der Waals surface area contributed by atoms with Crippen LogP contribution in [-0.2, 0) is 28.9 Å². The first-order valence-electron chi connectivity index (χ1n) is 12.2. The summed E-state index contributed by atoms with van der Waals surface area (Å²) in [4.78, 5) is 23.2. The lowest BCUT2D eigenvalue weighted by Crippen LogP contribution is -2.36. The van der Waals surface area contributed by atoms with E-state index in [1.807, 2.05) is 0 Å². The summed E-state index contributed by atoms with van der Waals surface area (Å²) in [6, 6.07) is -0.0558. The second-order valence-corrected chi connectivity index (χ2v) is 9.23. The molecule has 2 aliphatic rings. The molecule has 2 aliphatic carbocycles. The fraction of sp³-hybridized carbons (Fsp3) is 0.826. The number of aromatic nitrogens is 3. The van der Waals surface area contributed by atoms with Crippen LogP contribution in [0.2, 0.25) is 0 Å². The predicted molar refractivity (Wildman–Crippen MR) is 122 cm³/mol. The minimum atomic E-state index is -0.343. The summed E-state index contributed by atoms with van der Waals surface area (Å²) in [5, 5.41) is 14.8. The van der Waals surface area contributed by atoms with Gasteiger partial charge in [-0.15, -0.1) is 5.10 Å². The van der Waals surface area contributed by atoms with Crippen LogP contribution in [0.4, 0.5) is 4.79 Å². The highest BCUT2D eigenvalue weighted by atomic mass is 16.5. The van der Waals surface area contributed by atoms with Crippen LogP contribution in [0.3, 0.4) is 0 Å². The Bertz CT molecular complexity index is 752. The number of carbonyl (C=O) groups is 2. The maximum absolute atomic E-state index is 11.8. The van der Waals surface area contributed by atoms with Gasteiger partial charge in [0.1, 0.15) is 5.78 Å². The number of nitrogens with two attached hydrogens (primary N) is 1. The molecule has 3 rings (SSSR count). The van der Waals surface area contributed by atoms with Gasteiger partial charge in [0.2, 0.25) is 0 Å². The molecule has 4 N–H and O–H groups in total. The Labute approximate surface area is 191 Å². The van der Waals surface area contributed by atoms with Gasteiger partial charge in [-0.2, -0.15) is 0 Å². The first-order chi connectivity index (χ1) is 15.5. The van der Waals surface area contributed by atoms with Crippen molar-refractivity contribution in [2.45, 2.75) is 77.3 Å². The molecule has 1 heterocycles. The average Bonchev–Trinajstić information content (AvgIpc) is 3.28. The topological polar surface area (TPSA) is 124 Å². The van der Waals surface area contributed by atoms with Gasteiger partial charge in [0.15, 0.2) is 0 Å². The van der Waals surface area contributed by atoms with Crippen molar-refractivity contribution in [2.24, 2.45) is 23.5 Å². The number of unbranched alkanes of at least 4 members (excludes halogenated alkanes) is 2. The fourth-order valence-electron chi connectivity index (χ4n) is 5.10. The third kappa shape index (κ3) is 6.75. The van der Waals surface area contributed by atoms with E-state index >= 15 is 0 Å². The Morgan fingerprint density at radius 3 is 2.69 bits per heavy atom. The molecular formula is C23H40N6O3. The zero-order valence-electron chi connectivity index (χ0n) is 19.6. The van der Waals surface area contributed by atoms with E-state index in [2.05, 4.69) is 25.6 Å². The Hall–Kier alpha value is -2.00. The highest BCUT2D eigenvalue weighted by Gasteiger charge is 2.50. The van der Waals surface area contributed by atoms with Crippen molar-refractivity contribution in [3.8, 4) is 0 Å². The Kier molecular flexibility index (Phi) is 9.47. The second-order valence-electron chi connectivity index (χ2n) is 9.23. The molecule has 0 unspecified atom stereocenters. The summed E-state index contributed by atoms with van der Waals surface area (Å²) < 4.78 is 7.37. The molecule has 32 heavy (non-hydrogen) atoms. The van der Waals surface area contributed by atoms with Gasteiger partial charge in [0.05, 0.1) is 24.0 Å². The van der Waals surface area contributed by atoms with Crippen LogP contribution < -0.4 is 16.4 Å². The number of alkyl carbamates (subject to hydrolysis) is 1. The van der Waals surface area contributed by atoms with Gasteiger partial charge in [0.25, 0.3) is 0 Å². The molecular weight excluding hydrogens is 408 g/mol. The fourth-order valence-corrected chi connectivity index (χ4v) is 5.10. The number of aryl methyl sites for hydroxylation is 2. The Balaban J connectivity index is 1.39. The number of rotatable bonds is 13. The van der Waals surface area contributed by atoms with Crippen LogP contribution in [0.15, 0.2) is 0 Å². The predicted octanol–water partition coefficient (Wildman–Crippen LogP) is 1.83. The summed E-state index contributed by atoms with van der Waals surface area (Å²) >= 11 is 0. The van der Waals surface area contributed by atoms with Gasteiger partial charge in [-0.25, -0.2) is 9.48 Å². The third-order valence-electron chi connectivity index (χ3n) is 7.09. The summed E-state index contributed by atoms with van der Waals surface area (Å²) in [5.41, 5.74) is 7.96. The molecule has 180 valence electrons. The number of amides is 1. The van der Waals surface area contributed by atoms with E-state index in [1.165, 1.54) is 5.69 Å². The normalized spacial score (nSPS) is 22.8. The molecule has 9 nitrogen and oxygen atoms in total. The first-order valence-corrected chi connectivity index (χ1v) is 12.2. The zero-order chi connectivity index (χ0) is 22.9. The maximum Gasteiger partial charge on any atom is 0.406 e. The van der Waals surface area contributed by atoms with Crippen molar-refractivity contribution < 1.29 is 14.3 Å². The second kappa shape index (κ2) is 12.3. The van der Waals surface area contributed by atoms with E-state index in [0.717, 1.165) is 76.6 Å². The van der Waals surface area contributed by atoms with Crippen molar-refractivity contribution in [1.82, 2.24) is 25.6 Å². The highest BCUT2D eigenvalue weighted by molar-refractivity contribution is 5.81. The summed E-state index contributed by atoms with van der Waals surface area (Å²) in [5.74, 6) is 1.98. The minimum Gasteiger partial charge on any atom is -0.449 e. The molecule has 1 amide bonds. The van der Waals surface area contributed by atoms with E-state index in [-0.39, 0.29) is 17.9 Å². The number of Topliss-reactive ketones (excluding diaryl/α,β-unsaturated/α-hetero) is 1. The SMILES string of the molecule is CNC(=O)OC[C@@H]1[C@@H]2CCc3c(nnn3CCCCN[C@@H](CCCCN)C(C)=O)CC[C@@H]21. The van der Waals surface area contributed by atoms with Crippen LogP contribution in [0.5, 0.6) is 0 Å². The smallest absolute Gasteiger partial charge is 0.406 e. The molecule has 1 aromatic rings. The van der Waals surface area contributed by atoms with E-state index in [9.17, 15) is 9.59 Å². The van der Waals surface area contributed by atoms with Gasteiger partial charge < -0.3 is 21.1 Å². The van der Waals surface area contributed by atoms with Gasteiger partial charge in [-0.3, -0.25) is 4.79 Å². The summed E-state index contributed by atoms with van der Waals surface area (Å²) in [6.07, 6.45) is 8.62. The molecule has 1 aromatic heterocycles. The standard InChI is InChI=1S/C23H40N6O3/c1-16(30)20(7-3-4-12-24)26-13-5-6-14-29-22-11-9-18-17(8-10-21(22)27-28-29)19(18)15-32-23(31)25-2/h17-20,26H,3-15,24H2,1-2H3,(H,25,31)/t17-,18+,19-,20-/m0/s1. The quantitative estimate of drug-likeness (QED) is 0.393. The van der Waals surface area contributed by atoms with Crippen molar-refractivity contribution in [3.63, 3.8) is 0 Å². The van der Waals surface area contributed by atoms with E-state index in [1.54, 1.807) is 14.0 Å². The molecule has 0 aromatic carbocycles. The monoisotopic (exact) mass is 448 g/mol. The van der Waals surface area contributed by atoms with Crippen LogP contribution in [-0.4, -0.2) is 59.7 Å². The number of ketones is 1. The van der Waals surface area contributed by atoms with Gasteiger partial charge in [-0.05, 0) is 89.1 Å². The Morgan fingerprint density at radius 1 is 1.19 bits per heavy atom. The van der Waals surface area contributed by atoms with Crippen LogP contribution >= 0.6 is 0 Å². The van der Waals surface area contributed by atoms with Crippen molar-refractivity contribution in [1.29, 1.82) is 0 Å². The van der Waals surface area contributed by atoms with Crippen molar-refractivity contribution in [3.05, 3.63) is 11.4 Å². The molecule has 1 saturated carbocycles. The van der Waals surface area contributed by atoms with Crippen LogP contribution in [0.25, 0.3) is 0 Å². The Morgan fingerprint density at radius 2 is 1.97 bits per heavy atom. The van der Waals surface area contributed by atoms with Crippen molar-refractivity contribution >= 4 is 11.9 Å². The molecule has 0 radical (unpaired) electrons. The lowest BCUT2D eigenvalue weighted by molar-refractivity contribution is -0.119. The molecule has 0 spiro atoms. The minimum absolute atomic E-state index is 0.0558. The number of fused-ring (bicyclic) bond motifs is 2.